The molecule has 0 aliphatic heterocycles. The number of carbonyl (C=O) groups excluding carboxylic acids is 2. The van der Waals surface area contributed by atoms with Crippen molar-refractivity contribution in [3.63, 3.8) is 0 Å². The van der Waals surface area contributed by atoms with Crippen molar-refractivity contribution in [3.05, 3.63) is 29.3 Å². The molecule has 0 aliphatic rings. The highest BCUT2D eigenvalue weighted by molar-refractivity contribution is 5.82. The van der Waals surface area contributed by atoms with Crippen molar-refractivity contribution in [2.45, 2.75) is 20.8 Å². The summed E-state index contributed by atoms with van der Waals surface area (Å²) in [6, 6.07) is 5.73. The lowest BCUT2D eigenvalue weighted by Gasteiger charge is -2.08. The summed E-state index contributed by atoms with van der Waals surface area (Å²) in [5, 5.41) is 2.43. The molecule has 0 atom stereocenters. The fraction of sp³-hybridized carbons (Fsp3) is 0.429. The first kappa shape index (κ1) is 15.0. The van der Waals surface area contributed by atoms with Gasteiger partial charge in [0.25, 0.3) is 5.91 Å². The van der Waals surface area contributed by atoms with Crippen molar-refractivity contribution < 1.29 is 19.1 Å². The number of ether oxygens (including phenoxy) is 2. The van der Waals surface area contributed by atoms with Crippen LogP contribution in [0.3, 0.4) is 0 Å². The molecular formula is C14H19NO4. The summed E-state index contributed by atoms with van der Waals surface area (Å²) in [6.45, 7) is 5.67. The molecule has 1 amide bonds. The van der Waals surface area contributed by atoms with Gasteiger partial charge in [0.15, 0.2) is 6.61 Å². The molecule has 1 aromatic rings. The maximum atomic E-state index is 11.5. The zero-order valence-electron chi connectivity index (χ0n) is 11.5. The molecular weight excluding hydrogens is 246 g/mol. The highest BCUT2D eigenvalue weighted by Crippen LogP contribution is 2.15. The summed E-state index contributed by atoms with van der Waals surface area (Å²) in [6.07, 6.45) is 0. The van der Waals surface area contributed by atoms with Crippen molar-refractivity contribution in [2.24, 2.45) is 0 Å². The molecule has 5 nitrogen and oxygen atoms in total. The molecule has 0 bridgehead atoms. The van der Waals surface area contributed by atoms with Crippen molar-refractivity contribution in [1.82, 2.24) is 5.32 Å². The summed E-state index contributed by atoms with van der Waals surface area (Å²) >= 11 is 0. The summed E-state index contributed by atoms with van der Waals surface area (Å²) < 4.78 is 10.0. The Bertz CT molecular complexity index is 437. The minimum atomic E-state index is -0.456. The van der Waals surface area contributed by atoms with Crippen LogP contribution in [0.1, 0.15) is 18.1 Å². The van der Waals surface area contributed by atoms with Crippen molar-refractivity contribution in [2.75, 3.05) is 19.8 Å². The Morgan fingerprint density at radius 2 is 1.79 bits per heavy atom. The average molecular weight is 265 g/mol. The van der Waals surface area contributed by atoms with E-state index in [1.807, 2.05) is 32.0 Å². The van der Waals surface area contributed by atoms with Gasteiger partial charge in [-0.05, 0) is 44.0 Å². The maximum absolute atomic E-state index is 11.5. The van der Waals surface area contributed by atoms with Crippen molar-refractivity contribution in [1.29, 1.82) is 0 Å². The standard InChI is InChI=1S/C14H19NO4/c1-4-18-14(17)8-15-13(16)9-19-12-6-10(2)5-11(3)7-12/h5-7H,4,8-9H2,1-3H3,(H,15,16). The van der Waals surface area contributed by atoms with Crippen LogP contribution in [0.5, 0.6) is 5.75 Å². The van der Waals surface area contributed by atoms with E-state index >= 15 is 0 Å². The van der Waals surface area contributed by atoms with Crippen LogP contribution >= 0.6 is 0 Å². The summed E-state index contributed by atoms with van der Waals surface area (Å²) in [7, 11) is 0. The fourth-order valence-electron chi connectivity index (χ4n) is 1.60. The highest BCUT2D eigenvalue weighted by Gasteiger charge is 2.07. The molecule has 0 aliphatic carbocycles. The van der Waals surface area contributed by atoms with E-state index in [0.29, 0.717) is 12.4 Å². The number of benzene rings is 1. The number of hydrogen-bond donors (Lipinski definition) is 1. The van der Waals surface area contributed by atoms with E-state index < -0.39 is 5.97 Å². The zero-order chi connectivity index (χ0) is 14.3. The lowest BCUT2D eigenvalue weighted by atomic mass is 10.1. The fourth-order valence-corrected chi connectivity index (χ4v) is 1.60. The Labute approximate surface area is 112 Å². The Kier molecular flexibility index (Phi) is 5.85. The Balaban J connectivity index is 2.35. The molecule has 1 N–H and O–H groups in total. The third-order valence-corrected chi connectivity index (χ3v) is 2.30. The predicted molar refractivity (Wildman–Crippen MR) is 71.1 cm³/mol. The molecule has 0 saturated carbocycles. The summed E-state index contributed by atoms with van der Waals surface area (Å²) in [5.74, 6) is -0.168. The van der Waals surface area contributed by atoms with Crippen LogP contribution in [0.4, 0.5) is 0 Å². The first-order chi connectivity index (χ1) is 9.01. The molecule has 0 fully saturated rings. The molecule has 5 heteroatoms. The molecule has 0 saturated heterocycles. The van der Waals surface area contributed by atoms with Crippen LogP contribution in [0.25, 0.3) is 0 Å². The summed E-state index contributed by atoms with van der Waals surface area (Å²) in [4.78, 5) is 22.5. The Morgan fingerprint density at radius 3 is 2.37 bits per heavy atom. The quantitative estimate of drug-likeness (QED) is 0.789. The van der Waals surface area contributed by atoms with Gasteiger partial charge in [-0.2, -0.15) is 0 Å². The Morgan fingerprint density at radius 1 is 1.16 bits per heavy atom. The molecule has 104 valence electrons. The predicted octanol–water partition coefficient (Wildman–Crippen LogP) is 1.36. The highest BCUT2D eigenvalue weighted by atomic mass is 16.5. The SMILES string of the molecule is CCOC(=O)CNC(=O)COc1cc(C)cc(C)c1. The van der Waals surface area contributed by atoms with Crippen LogP contribution in [-0.2, 0) is 14.3 Å². The number of carbonyl (C=O) groups is 2. The monoisotopic (exact) mass is 265 g/mol. The lowest BCUT2D eigenvalue weighted by molar-refractivity contribution is -0.143. The topological polar surface area (TPSA) is 64.6 Å². The van der Waals surface area contributed by atoms with Crippen LogP contribution in [0.2, 0.25) is 0 Å². The van der Waals surface area contributed by atoms with Crippen LogP contribution < -0.4 is 10.1 Å². The molecule has 0 heterocycles. The van der Waals surface area contributed by atoms with Crippen molar-refractivity contribution >= 4 is 11.9 Å². The third-order valence-electron chi connectivity index (χ3n) is 2.30. The van der Waals surface area contributed by atoms with E-state index in [2.05, 4.69) is 5.32 Å². The van der Waals surface area contributed by atoms with Crippen LogP contribution in [0.15, 0.2) is 18.2 Å². The van der Waals surface area contributed by atoms with E-state index in [4.69, 9.17) is 9.47 Å². The van der Waals surface area contributed by atoms with Gasteiger partial charge in [-0.25, -0.2) is 0 Å². The molecule has 0 unspecified atom stereocenters. The zero-order valence-corrected chi connectivity index (χ0v) is 11.5. The molecule has 0 aromatic heterocycles. The molecule has 0 radical (unpaired) electrons. The largest absolute Gasteiger partial charge is 0.484 e. The Hall–Kier alpha value is -2.04. The molecule has 0 spiro atoms. The van der Waals surface area contributed by atoms with Gasteiger partial charge < -0.3 is 14.8 Å². The number of rotatable bonds is 6. The van der Waals surface area contributed by atoms with Crippen LogP contribution in [-0.4, -0.2) is 31.6 Å². The maximum Gasteiger partial charge on any atom is 0.325 e. The van der Waals surface area contributed by atoms with E-state index in [0.717, 1.165) is 11.1 Å². The second-order valence-corrected chi connectivity index (χ2v) is 4.19. The van der Waals surface area contributed by atoms with Gasteiger partial charge in [-0.1, -0.05) is 6.07 Å². The molecule has 19 heavy (non-hydrogen) atoms. The van der Waals surface area contributed by atoms with Gasteiger partial charge in [0.2, 0.25) is 0 Å². The first-order valence-electron chi connectivity index (χ1n) is 6.14. The van der Waals surface area contributed by atoms with E-state index in [1.165, 1.54) is 0 Å². The minimum Gasteiger partial charge on any atom is -0.484 e. The average Bonchev–Trinajstić information content (AvgIpc) is 2.33. The number of esters is 1. The smallest absolute Gasteiger partial charge is 0.325 e. The second kappa shape index (κ2) is 7.41. The van der Waals surface area contributed by atoms with Gasteiger partial charge in [-0.15, -0.1) is 0 Å². The second-order valence-electron chi connectivity index (χ2n) is 4.19. The third kappa shape index (κ3) is 5.90. The molecule has 1 aromatic carbocycles. The van der Waals surface area contributed by atoms with Crippen molar-refractivity contribution in [3.8, 4) is 5.75 Å². The van der Waals surface area contributed by atoms with Gasteiger partial charge in [0.05, 0.1) is 6.61 Å². The van der Waals surface area contributed by atoms with E-state index in [1.54, 1.807) is 6.92 Å². The number of hydrogen-bond acceptors (Lipinski definition) is 4. The lowest BCUT2D eigenvalue weighted by Crippen LogP contribution is -2.34. The van der Waals surface area contributed by atoms with Gasteiger partial charge in [0, 0.05) is 0 Å². The first-order valence-corrected chi connectivity index (χ1v) is 6.14. The normalized spacial score (nSPS) is 9.84. The van der Waals surface area contributed by atoms with Gasteiger partial charge in [-0.3, -0.25) is 9.59 Å². The number of amides is 1. The van der Waals surface area contributed by atoms with Gasteiger partial charge >= 0.3 is 5.97 Å². The summed E-state index contributed by atoms with van der Waals surface area (Å²) in [5.41, 5.74) is 2.14. The number of nitrogens with one attached hydrogen (secondary N) is 1. The van der Waals surface area contributed by atoms with E-state index in [-0.39, 0.29) is 19.1 Å². The van der Waals surface area contributed by atoms with Crippen LogP contribution in [0, 0.1) is 13.8 Å². The number of aryl methyl sites for hydroxylation is 2. The van der Waals surface area contributed by atoms with Gasteiger partial charge in [0.1, 0.15) is 12.3 Å². The molecule has 1 rings (SSSR count). The minimum absolute atomic E-state index is 0.123. The van der Waals surface area contributed by atoms with E-state index in [9.17, 15) is 9.59 Å².